The molecule has 0 aromatic heterocycles. The number of rotatable bonds is 6. The summed E-state index contributed by atoms with van der Waals surface area (Å²) in [5.74, 6) is 0. The maximum atomic E-state index is 3.95. The first kappa shape index (κ1) is 39.7. The Kier molecular flexibility index (Phi) is 9.33. The van der Waals surface area contributed by atoms with Crippen molar-refractivity contribution in [3.63, 3.8) is 0 Å². The molecule has 64 heavy (non-hydrogen) atoms. The zero-order chi connectivity index (χ0) is 43.9. The Morgan fingerprint density at radius 1 is 0.500 bits per heavy atom. The van der Waals surface area contributed by atoms with Crippen LogP contribution in [0.5, 0.6) is 0 Å². The highest BCUT2D eigenvalue weighted by Crippen LogP contribution is 2.52. The third-order valence-electron chi connectivity index (χ3n) is 14.1. The van der Waals surface area contributed by atoms with Crippen LogP contribution in [0, 0.1) is 13.8 Å². The van der Waals surface area contributed by atoms with Crippen LogP contribution < -0.4 is 21.1 Å². The number of anilines is 5. The van der Waals surface area contributed by atoms with E-state index in [1.54, 1.807) is 0 Å². The summed E-state index contributed by atoms with van der Waals surface area (Å²) < 4.78 is 0. The fraction of sp³-hybridized carbons (Fsp3) is 0.148. The van der Waals surface area contributed by atoms with E-state index < -0.39 is 0 Å². The molecule has 0 radical (unpaired) electrons. The lowest BCUT2D eigenvalue weighted by Gasteiger charge is -2.37. The molecule has 1 aliphatic carbocycles. The van der Waals surface area contributed by atoms with E-state index in [-0.39, 0.29) is 10.8 Å². The Balaban J connectivity index is 1.21. The van der Waals surface area contributed by atoms with E-state index in [1.165, 1.54) is 111 Å². The molecule has 2 nitrogen and oxygen atoms in total. The van der Waals surface area contributed by atoms with Crippen LogP contribution in [0.1, 0.15) is 62.4 Å². The lowest BCUT2D eigenvalue weighted by atomic mass is 9.57. The van der Waals surface area contributed by atoms with Crippen molar-refractivity contribution in [1.82, 2.24) is 0 Å². The SMILES string of the molecule is Cc1ccccc1-c1cc(-c2c(Nc3ccc(C(C)(C)C)cc3)ccc3ccccc23)c2c(c1)N(c1ccc(-c3ccccc3)cc1C)c1cc3c(cc1B2)-c1ccccc1C3(C)C. The predicted octanol–water partition coefficient (Wildman–Crippen LogP) is 15.0. The average molecular weight is 825 g/mol. The topological polar surface area (TPSA) is 15.3 Å². The summed E-state index contributed by atoms with van der Waals surface area (Å²) in [6.45, 7) is 16.1. The summed E-state index contributed by atoms with van der Waals surface area (Å²) in [7, 11) is 0.796. The van der Waals surface area contributed by atoms with Gasteiger partial charge in [0, 0.05) is 39.4 Å². The second-order valence-corrected chi connectivity index (χ2v) is 19.6. The second-order valence-electron chi connectivity index (χ2n) is 19.6. The van der Waals surface area contributed by atoms with E-state index in [0.29, 0.717) is 0 Å². The first-order valence-electron chi connectivity index (χ1n) is 22.8. The van der Waals surface area contributed by atoms with Gasteiger partial charge in [-0.25, -0.2) is 0 Å². The van der Waals surface area contributed by atoms with Crippen molar-refractivity contribution in [2.45, 2.75) is 59.3 Å². The number of benzene rings is 9. The van der Waals surface area contributed by atoms with Gasteiger partial charge in [0.25, 0.3) is 0 Å². The molecule has 0 atom stereocenters. The van der Waals surface area contributed by atoms with Crippen molar-refractivity contribution in [2.75, 3.05) is 10.2 Å². The Bertz CT molecular complexity index is 3300. The highest BCUT2D eigenvalue weighted by Gasteiger charge is 2.39. The molecule has 0 spiro atoms. The molecule has 0 saturated heterocycles. The first-order chi connectivity index (χ1) is 30.9. The predicted molar refractivity (Wildman–Crippen MR) is 277 cm³/mol. The molecule has 1 aliphatic heterocycles. The third-order valence-corrected chi connectivity index (χ3v) is 14.1. The lowest BCUT2D eigenvalue weighted by molar-refractivity contribution is 0.590. The Hall–Kier alpha value is -7.10. The standard InChI is InChI=1S/C61H53BN2/c1-38-17-11-13-21-46(38)43-34-50(58-47-22-14-12-20-41(47)25-31-54(58)63-45-29-27-44(28-30-45)60(3,4)5)59-57(35-43)64(55-32-26-42(33-39(55)2)40-18-9-8-10-19-40)56-37-52-49(36-53(56)62-59)48-23-15-16-24-51(48)61(52,6)7/h8-37,62-63H,1-7H3. The molecule has 0 bridgehead atoms. The molecule has 0 amide bonds. The number of nitrogens with one attached hydrogen (secondary N) is 1. The van der Waals surface area contributed by atoms with E-state index >= 15 is 0 Å². The molecule has 0 unspecified atom stereocenters. The monoisotopic (exact) mass is 824 g/mol. The van der Waals surface area contributed by atoms with Crippen LogP contribution in [-0.2, 0) is 10.8 Å². The van der Waals surface area contributed by atoms with Gasteiger partial charge in [0.15, 0.2) is 7.28 Å². The highest BCUT2D eigenvalue weighted by molar-refractivity contribution is 6.73. The van der Waals surface area contributed by atoms with Gasteiger partial charge in [-0.15, -0.1) is 0 Å². The number of hydrogen-bond acceptors (Lipinski definition) is 2. The van der Waals surface area contributed by atoms with E-state index in [0.717, 1.165) is 18.7 Å². The van der Waals surface area contributed by atoms with Crippen LogP contribution in [0.4, 0.5) is 28.4 Å². The van der Waals surface area contributed by atoms with Crippen LogP contribution in [0.3, 0.4) is 0 Å². The van der Waals surface area contributed by atoms with Gasteiger partial charge in [-0.2, -0.15) is 0 Å². The van der Waals surface area contributed by atoms with Crippen molar-refractivity contribution < 1.29 is 0 Å². The highest BCUT2D eigenvalue weighted by atomic mass is 15.2. The maximum Gasteiger partial charge on any atom is 0.198 e. The molecule has 11 rings (SSSR count). The number of nitrogens with zero attached hydrogens (tertiary/aromatic N) is 1. The minimum atomic E-state index is -0.137. The molecule has 310 valence electrons. The zero-order valence-corrected chi connectivity index (χ0v) is 38.0. The smallest absolute Gasteiger partial charge is 0.198 e. The normalized spacial score (nSPS) is 13.5. The summed E-state index contributed by atoms with van der Waals surface area (Å²) in [5.41, 5.74) is 25.1. The van der Waals surface area contributed by atoms with Crippen molar-refractivity contribution in [1.29, 1.82) is 0 Å². The summed E-state index contributed by atoms with van der Waals surface area (Å²) in [4.78, 5) is 2.60. The van der Waals surface area contributed by atoms with Gasteiger partial charge < -0.3 is 10.2 Å². The average Bonchev–Trinajstić information content (AvgIpc) is 3.52. The first-order valence-corrected chi connectivity index (χ1v) is 22.8. The van der Waals surface area contributed by atoms with Gasteiger partial charge in [-0.05, 0) is 151 Å². The lowest BCUT2D eigenvalue weighted by Crippen LogP contribution is -2.41. The fourth-order valence-electron chi connectivity index (χ4n) is 10.6. The van der Waals surface area contributed by atoms with Gasteiger partial charge in [0.1, 0.15) is 0 Å². The van der Waals surface area contributed by atoms with Crippen LogP contribution in [-0.4, -0.2) is 7.28 Å². The minimum Gasteiger partial charge on any atom is -0.355 e. The minimum absolute atomic E-state index is 0.0715. The van der Waals surface area contributed by atoms with Gasteiger partial charge >= 0.3 is 0 Å². The van der Waals surface area contributed by atoms with Gasteiger partial charge in [0.2, 0.25) is 0 Å². The molecular formula is C61H53BN2. The summed E-state index contributed by atoms with van der Waals surface area (Å²) in [6.07, 6.45) is 0. The van der Waals surface area contributed by atoms with Crippen molar-refractivity contribution in [3.05, 3.63) is 210 Å². The van der Waals surface area contributed by atoms with Gasteiger partial charge in [-0.3, -0.25) is 0 Å². The molecule has 0 fully saturated rings. The molecule has 9 aromatic carbocycles. The number of hydrogen-bond donors (Lipinski definition) is 1. The Morgan fingerprint density at radius 2 is 1.22 bits per heavy atom. The second kappa shape index (κ2) is 15.0. The Labute approximate surface area is 379 Å². The summed E-state index contributed by atoms with van der Waals surface area (Å²) in [5, 5.41) is 6.40. The number of aryl methyl sites for hydroxylation is 2. The van der Waals surface area contributed by atoms with Crippen LogP contribution in [0.15, 0.2) is 182 Å². The van der Waals surface area contributed by atoms with Crippen LogP contribution >= 0.6 is 0 Å². The van der Waals surface area contributed by atoms with Gasteiger partial charge in [-0.1, -0.05) is 174 Å². The van der Waals surface area contributed by atoms with Gasteiger partial charge in [0.05, 0.1) is 0 Å². The summed E-state index contributed by atoms with van der Waals surface area (Å²) >= 11 is 0. The molecular weight excluding hydrogens is 771 g/mol. The van der Waals surface area contributed by atoms with Crippen molar-refractivity contribution in [3.8, 4) is 44.5 Å². The van der Waals surface area contributed by atoms with Crippen LogP contribution in [0.25, 0.3) is 55.3 Å². The van der Waals surface area contributed by atoms with Crippen LogP contribution in [0.2, 0.25) is 0 Å². The van der Waals surface area contributed by atoms with E-state index in [2.05, 4.69) is 241 Å². The summed E-state index contributed by atoms with van der Waals surface area (Å²) in [6, 6.07) is 68.2. The van der Waals surface area contributed by atoms with E-state index in [1.807, 2.05) is 0 Å². The van der Waals surface area contributed by atoms with Crippen molar-refractivity contribution in [2.24, 2.45) is 0 Å². The largest absolute Gasteiger partial charge is 0.355 e. The third kappa shape index (κ3) is 6.56. The molecule has 9 aromatic rings. The number of fused-ring (bicyclic) bond motifs is 6. The maximum absolute atomic E-state index is 3.95. The Morgan fingerprint density at radius 3 is 1.98 bits per heavy atom. The van der Waals surface area contributed by atoms with E-state index in [9.17, 15) is 0 Å². The quantitative estimate of drug-likeness (QED) is 0.168. The molecule has 2 aliphatic rings. The molecule has 1 heterocycles. The fourth-order valence-corrected chi connectivity index (χ4v) is 10.6. The van der Waals surface area contributed by atoms with E-state index in [4.69, 9.17) is 0 Å². The molecule has 0 saturated carbocycles. The zero-order valence-electron chi connectivity index (χ0n) is 38.0. The van der Waals surface area contributed by atoms with Crippen molar-refractivity contribution >= 4 is 57.4 Å². The molecule has 3 heteroatoms. The molecule has 1 N–H and O–H groups in total.